The minimum atomic E-state index is 0.250. The number of fused-ring (bicyclic) bond motifs is 8. The van der Waals surface area contributed by atoms with Gasteiger partial charge in [0.15, 0.2) is 0 Å². The molecule has 2 aromatic heterocycles. The monoisotopic (exact) mass is 1090 g/mol. The molecule has 4 heteroatoms. The fraction of sp³-hybridized carbons (Fsp3) is 0.200. The third-order valence-electron chi connectivity index (χ3n) is 19.4. The molecular weight excluding hydrogens is 1020 g/mol. The summed E-state index contributed by atoms with van der Waals surface area (Å²) in [4.78, 5) is 5.46. The molecule has 0 fully saturated rings. The van der Waals surface area contributed by atoms with Gasteiger partial charge in [-0.15, -0.1) is 0 Å². The van der Waals surface area contributed by atoms with Crippen LogP contribution in [0.3, 0.4) is 0 Å². The number of hydrogen-bond acceptors (Lipinski definition) is 2. The number of aromatic nitrogens is 2. The maximum absolute atomic E-state index is 2.75. The van der Waals surface area contributed by atoms with Crippen LogP contribution in [-0.2, 0) is 25.7 Å². The molecule has 2 heterocycles. The van der Waals surface area contributed by atoms with Crippen LogP contribution < -0.4 is 9.80 Å². The second kappa shape index (κ2) is 19.8. The summed E-state index contributed by atoms with van der Waals surface area (Å²) in [5.41, 5.74) is 26.0. The Balaban J connectivity index is 1.03. The highest BCUT2D eigenvalue weighted by atomic mass is 15.2. The average molecular weight is 1090 g/mol. The standard InChI is InChI=1S/C80H70N4/c1-49(2)65-47-74(83(68-37-21-25-53-23-13-15-31-57(53)68)67-45-46-72-76(52(67)6)61-33-17-19-35-70(61)81(72)55-27-9-7-10-28-55)63-42-40-60-66(50(3)4)48-75(64-43-41-59(65)77(63)78(60)64)84(69-38-22-26-54-24-14-16-32-58(54)69)80-51(5)39-44-73-79(80)62-34-18-20-36-71(62)82(73)56-29-11-8-12-30-56/h7-12,17-22,25-30,33-50H,13-16,23-24,31-32H2,1-6H3. The van der Waals surface area contributed by atoms with Gasteiger partial charge in [-0.3, -0.25) is 0 Å². The van der Waals surface area contributed by atoms with E-state index in [0.29, 0.717) is 0 Å². The second-order valence-electron chi connectivity index (χ2n) is 24.9. The Labute approximate surface area is 493 Å². The van der Waals surface area contributed by atoms with Crippen LogP contribution in [-0.4, -0.2) is 9.13 Å². The van der Waals surface area contributed by atoms with E-state index in [1.165, 1.54) is 192 Å². The van der Waals surface area contributed by atoms with E-state index in [1.807, 2.05) is 0 Å². The van der Waals surface area contributed by atoms with Gasteiger partial charge in [0.1, 0.15) is 0 Å². The quantitative estimate of drug-likeness (QED) is 0.127. The molecule has 0 saturated carbocycles. The predicted octanol–water partition coefficient (Wildman–Crippen LogP) is 22.3. The molecule has 84 heavy (non-hydrogen) atoms. The summed E-state index contributed by atoms with van der Waals surface area (Å²) < 4.78 is 4.95. The molecule has 12 aromatic carbocycles. The molecule has 0 unspecified atom stereocenters. The van der Waals surface area contributed by atoms with Gasteiger partial charge in [-0.25, -0.2) is 0 Å². The molecule has 410 valence electrons. The Kier molecular flexibility index (Phi) is 11.9. The maximum Gasteiger partial charge on any atom is 0.0591 e. The Morgan fingerprint density at radius 1 is 0.333 bits per heavy atom. The first-order chi connectivity index (χ1) is 41.2. The van der Waals surface area contributed by atoms with E-state index in [-0.39, 0.29) is 11.8 Å². The van der Waals surface area contributed by atoms with Gasteiger partial charge >= 0.3 is 0 Å². The topological polar surface area (TPSA) is 16.3 Å². The molecular formula is C80H70N4. The average Bonchev–Trinajstić information content (AvgIpc) is 1.10. The highest BCUT2D eigenvalue weighted by molar-refractivity contribution is 6.30. The summed E-state index contributed by atoms with van der Waals surface area (Å²) in [6.45, 7) is 14.4. The SMILES string of the molecule is Cc1ccc2c(c1N(c1cccc3c1CCCC3)c1cc(C(C)C)c3ccc4c(N(c5cccc6c5CCCC6)c5ccc6c(c5C)c5ccccc5n6-c5ccccc5)cc(C(C)C)c5ccc1c3c54)c1ccccc1n2-c1ccccc1. The Morgan fingerprint density at radius 2 is 0.786 bits per heavy atom. The van der Waals surface area contributed by atoms with Crippen molar-refractivity contribution in [3.8, 4) is 11.4 Å². The molecule has 0 amide bonds. The second-order valence-corrected chi connectivity index (χ2v) is 24.9. The van der Waals surface area contributed by atoms with E-state index in [4.69, 9.17) is 0 Å². The highest BCUT2D eigenvalue weighted by Crippen LogP contribution is 2.55. The van der Waals surface area contributed by atoms with Crippen LogP contribution in [0.1, 0.15) is 110 Å². The van der Waals surface area contributed by atoms with Crippen LogP contribution in [0.2, 0.25) is 0 Å². The number of aryl methyl sites for hydroxylation is 4. The number of para-hydroxylation sites is 4. The number of benzene rings is 12. The van der Waals surface area contributed by atoms with Gasteiger partial charge in [-0.1, -0.05) is 155 Å². The van der Waals surface area contributed by atoms with E-state index < -0.39 is 0 Å². The zero-order valence-corrected chi connectivity index (χ0v) is 49.2. The van der Waals surface area contributed by atoms with Crippen LogP contribution in [0.15, 0.2) is 206 Å². The van der Waals surface area contributed by atoms with Crippen LogP contribution in [0.25, 0.3) is 87.3 Å². The summed E-state index contributed by atoms with van der Waals surface area (Å²) in [7, 11) is 0. The van der Waals surface area contributed by atoms with Crippen molar-refractivity contribution in [3.63, 3.8) is 0 Å². The maximum atomic E-state index is 2.75. The Bertz CT molecular complexity index is 4940. The van der Waals surface area contributed by atoms with Gasteiger partial charge < -0.3 is 18.9 Å². The van der Waals surface area contributed by atoms with Gasteiger partial charge in [-0.2, -0.15) is 0 Å². The van der Waals surface area contributed by atoms with Crippen LogP contribution in [0.4, 0.5) is 34.1 Å². The van der Waals surface area contributed by atoms with E-state index in [1.54, 1.807) is 0 Å². The minimum Gasteiger partial charge on any atom is -0.309 e. The van der Waals surface area contributed by atoms with Crippen molar-refractivity contribution >= 4 is 110 Å². The van der Waals surface area contributed by atoms with E-state index >= 15 is 0 Å². The van der Waals surface area contributed by atoms with Gasteiger partial charge in [0.25, 0.3) is 0 Å². The molecule has 16 rings (SSSR count). The summed E-state index contributed by atoms with van der Waals surface area (Å²) in [6.07, 6.45) is 9.16. The molecule has 0 saturated heterocycles. The Morgan fingerprint density at radius 3 is 1.33 bits per heavy atom. The van der Waals surface area contributed by atoms with Crippen LogP contribution >= 0.6 is 0 Å². The molecule has 0 bridgehead atoms. The first-order valence-electron chi connectivity index (χ1n) is 31.0. The summed E-state index contributed by atoms with van der Waals surface area (Å²) in [5, 5.41) is 13.1. The number of nitrogens with zero attached hydrogens (tertiary/aromatic N) is 4. The molecule has 0 aliphatic heterocycles. The van der Waals surface area contributed by atoms with E-state index in [2.05, 4.69) is 267 Å². The number of rotatable bonds is 10. The Hall–Kier alpha value is -9.12. The lowest BCUT2D eigenvalue weighted by molar-refractivity contribution is 0.686. The van der Waals surface area contributed by atoms with Crippen LogP contribution in [0, 0.1) is 13.8 Å². The van der Waals surface area contributed by atoms with Crippen molar-refractivity contribution in [2.45, 2.75) is 105 Å². The molecule has 0 N–H and O–H groups in total. The summed E-state index contributed by atoms with van der Waals surface area (Å²) >= 11 is 0. The summed E-state index contributed by atoms with van der Waals surface area (Å²) in [6, 6.07) is 79.1. The predicted molar refractivity (Wildman–Crippen MR) is 359 cm³/mol. The third-order valence-corrected chi connectivity index (χ3v) is 19.4. The van der Waals surface area contributed by atoms with Gasteiger partial charge in [0, 0.05) is 60.8 Å². The zero-order valence-electron chi connectivity index (χ0n) is 49.2. The lowest BCUT2D eigenvalue weighted by Crippen LogP contribution is -2.18. The normalized spacial score (nSPS) is 13.7. The van der Waals surface area contributed by atoms with Crippen LogP contribution in [0.5, 0.6) is 0 Å². The molecule has 2 aliphatic rings. The van der Waals surface area contributed by atoms with Gasteiger partial charge in [-0.05, 0) is 222 Å². The van der Waals surface area contributed by atoms with Crippen molar-refractivity contribution < 1.29 is 0 Å². The number of anilines is 6. The largest absolute Gasteiger partial charge is 0.309 e. The minimum absolute atomic E-state index is 0.250. The molecule has 0 radical (unpaired) electrons. The van der Waals surface area contributed by atoms with E-state index in [0.717, 1.165) is 25.7 Å². The van der Waals surface area contributed by atoms with Gasteiger partial charge in [0.2, 0.25) is 0 Å². The van der Waals surface area contributed by atoms with Crippen molar-refractivity contribution in [2.75, 3.05) is 9.80 Å². The smallest absolute Gasteiger partial charge is 0.0591 e. The van der Waals surface area contributed by atoms with E-state index in [9.17, 15) is 0 Å². The lowest BCUT2D eigenvalue weighted by Gasteiger charge is -2.35. The first kappa shape index (κ1) is 50.6. The fourth-order valence-electron chi connectivity index (χ4n) is 15.6. The fourth-order valence-corrected chi connectivity index (χ4v) is 15.6. The molecule has 2 aliphatic carbocycles. The molecule has 4 nitrogen and oxygen atoms in total. The highest BCUT2D eigenvalue weighted by Gasteiger charge is 2.32. The molecule has 0 spiro atoms. The van der Waals surface area contributed by atoms with Crippen molar-refractivity contribution in [1.82, 2.24) is 9.13 Å². The third kappa shape index (κ3) is 7.58. The summed E-state index contributed by atoms with van der Waals surface area (Å²) in [5.74, 6) is 0.506. The lowest BCUT2D eigenvalue weighted by atomic mass is 9.83. The first-order valence-corrected chi connectivity index (χ1v) is 31.0. The van der Waals surface area contributed by atoms with Crippen molar-refractivity contribution in [1.29, 1.82) is 0 Å². The molecule has 14 aromatic rings. The molecule has 0 atom stereocenters. The van der Waals surface area contributed by atoms with Gasteiger partial charge in [0.05, 0.1) is 39.1 Å². The van der Waals surface area contributed by atoms with Crippen molar-refractivity contribution in [3.05, 3.63) is 251 Å². The zero-order chi connectivity index (χ0) is 56.5. The number of hydrogen-bond donors (Lipinski definition) is 0. The van der Waals surface area contributed by atoms with Crippen molar-refractivity contribution in [2.24, 2.45) is 0 Å².